The molecule has 202 valence electrons. The Labute approximate surface area is 232 Å². The molecule has 2 aliphatic heterocycles. The van der Waals surface area contributed by atoms with E-state index in [1.807, 2.05) is 84.9 Å². The fourth-order valence-corrected chi connectivity index (χ4v) is 5.29. The number of carbonyl (C=O) groups excluding carboxylic acids is 3. The summed E-state index contributed by atoms with van der Waals surface area (Å²) in [7, 11) is 0. The molecule has 4 amide bonds. The molecule has 1 saturated carbocycles. The predicted octanol–water partition coefficient (Wildman–Crippen LogP) is 4.85. The van der Waals surface area contributed by atoms with Gasteiger partial charge in [-0.3, -0.25) is 14.5 Å². The maximum atomic E-state index is 14.2. The first-order chi connectivity index (χ1) is 19.5. The molecular formula is C32H30N4O4. The lowest BCUT2D eigenvalue weighted by atomic mass is 9.95. The van der Waals surface area contributed by atoms with Gasteiger partial charge < -0.3 is 20.3 Å². The lowest BCUT2D eigenvalue weighted by molar-refractivity contribution is -0.136. The highest BCUT2D eigenvalue weighted by molar-refractivity contribution is 6.04. The molecule has 3 aromatic carbocycles. The Morgan fingerprint density at radius 1 is 1.00 bits per heavy atom. The minimum atomic E-state index is -0.825. The van der Waals surface area contributed by atoms with Crippen molar-refractivity contribution in [3.8, 4) is 11.5 Å². The number of ether oxygens (including phenoxy) is 1. The summed E-state index contributed by atoms with van der Waals surface area (Å²) in [6, 6.07) is 24.4. The number of urea groups is 1. The van der Waals surface area contributed by atoms with Crippen LogP contribution < -0.4 is 15.4 Å². The number of hydrogen-bond acceptors (Lipinski definition) is 4. The normalized spacial score (nSPS) is 19.1. The smallest absolute Gasteiger partial charge is 0.322 e. The summed E-state index contributed by atoms with van der Waals surface area (Å²) in [6.45, 7) is 4.16. The van der Waals surface area contributed by atoms with Crippen molar-refractivity contribution in [3.05, 3.63) is 120 Å². The fourth-order valence-electron chi connectivity index (χ4n) is 5.29. The Kier molecular flexibility index (Phi) is 6.82. The van der Waals surface area contributed by atoms with E-state index in [0.29, 0.717) is 28.3 Å². The summed E-state index contributed by atoms with van der Waals surface area (Å²) in [5.41, 5.74) is 2.45. The summed E-state index contributed by atoms with van der Waals surface area (Å²) in [4.78, 5) is 44.2. The van der Waals surface area contributed by atoms with Gasteiger partial charge in [-0.2, -0.15) is 0 Å². The Morgan fingerprint density at radius 2 is 1.70 bits per heavy atom. The Bertz CT molecular complexity index is 1480. The summed E-state index contributed by atoms with van der Waals surface area (Å²) in [5, 5.41) is 6.08. The summed E-state index contributed by atoms with van der Waals surface area (Å²) >= 11 is 0. The quantitative estimate of drug-likeness (QED) is 0.384. The van der Waals surface area contributed by atoms with Crippen LogP contribution in [0.1, 0.15) is 36.1 Å². The molecule has 1 aliphatic carbocycles. The van der Waals surface area contributed by atoms with E-state index in [4.69, 9.17) is 4.74 Å². The second kappa shape index (κ2) is 10.7. The average Bonchev–Trinajstić information content (AvgIpc) is 3.72. The van der Waals surface area contributed by atoms with Crippen LogP contribution in [0.4, 0.5) is 4.79 Å². The zero-order valence-electron chi connectivity index (χ0n) is 22.0. The Morgan fingerprint density at radius 3 is 2.40 bits per heavy atom. The van der Waals surface area contributed by atoms with E-state index in [0.717, 1.165) is 18.4 Å². The van der Waals surface area contributed by atoms with Crippen LogP contribution in [0.2, 0.25) is 0 Å². The molecule has 3 aromatic rings. The first-order valence-electron chi connectivity index (χ1n) is 13.4. The molecule has 0 unspecified atom stereocenters. The van der Waals surface area contributed by atoms with E-state index in [1.165, 1.54) is 4.90 Å². The standard InChI is InChI=1S/C32H30N4O4/c1-2-18-35-26-20-36(29(21-10-5-3-6-11-21)30(37)33-23-16-17-23)31(38)27(26)28(34-32(35)39)22-12-9-15-25(19-22)40-24-13-7-4-8-14-24/h2-15,19,23,28-29H,1,16-18,20H2,(H,33,37)(H,34,39)/t28-,29-/m0/s1. The van der Waals surface area contributed by atoms with E-state index in [9.17, 15) is 14.4 Å². The number of nitrogens with zero attached hydrogens (tertiary/aromatic N) is 2. The number of rotatable bonds is 9. The molecule has 0 radical (unpaired) electrons. The van der Waals surface area contributed by atoms with Crippen molar-refractivity contribution in [1.82, 2.24) is 20.4 Å². The van der Waals surface area contributed by atoms with E-state index >= 15 is 0 Å². The summed E-state index contributed by atoms with van der Waals surface area (Å²) in [6.07, 6.45) is 3.50. The highest BCUT2D eigenvalue weighted by Crippen LogP contribution is 2.40. The van der Waals surface area contributed by atoms with E-state index in [2.05, 4.69) is 17.2 Å². The highest BCUT2D eigenvalue weighted by atomic mass is 16.5. The molecular weight excluding hydrogens is 504 g/mol. The van der Waals surface area contributed by atoms with Crippen LogP contribution in [0.5, 0.6) is 11.5 Å². The molecule has 2 atom stereocenters. The number of nitrogens with one attached hydrogen (secondary N) is 2. The van der Waals surface area contributed by atoms with Gasteiger partial charge in [-0.25, -0.2) is 4.79 Å². The van der Waals surface area contributed by atoms with Crippen LogP contribution in [0.25, 0.3) is 0 Å². The van der Waals surface area contributed by atoms with Gasteiger partial charge in [-0.1, -0.05) is 66.7 Å². The van der Waals surface area contributed by atoms with Crippen LogP contribution in [-0.4, -0.2) is 46.8 Å². The van der Waals surface area contributed by atoms with E-state index in [1.54, 1.807) is 11.0 Å². The van der Waals surface area contributed by atoms with Gasteiger partial charge in [0.2, 0.25) is 5.91 Å². The molecule has 0 saturated heterocycles. The topological polar surface area (TPSA) is 91.0 Å². The minimum absolute atomic E-state index is 0.129. The fraction of sp³-hybridized carbons (Fsp3) is 0.219. The van der Waals surface area contributed by atoms with Crippen LogP contribution in [0.15, 0.2) is 109 Å². The van der Waals surface area contributed by atoms with Gasteiger partial charge in [-0.05, 0) is 48.2 Å². The third kappa shape index (κ3) is 4.96. The number of para-hydroxylation sites is 1. The van der Waals surface area contributed by atoms with Gasteiger partial charge >= 0.3 is 6.03 Å². The van der Waals surface area contributed by atoms with E-state index in [-0.39, 0.29) is 37.0 Å². The van der Waals surface area contributed by atoms with Gasteiger partial charge in [0, 0.05) is 12.6 Å². The molecule has 1 fully saturated rings. The second-order valence-corrected chi connectivity index (χ2v) is 10.2. The maximum Gasteiger partial charge on any atom is 0.322 e. The molecule has 2 heterocycles. The second-order valence-electron chi connectivity index (χ2n) is 10.2. The van der Waals surface area contributed by atoms with Crippen LogP contribution >= 0.6 is 0 Å². The average molecular weight is 535 g/mol. The van der Waals surface area contributed by atoms with E-state index < -0.39 is 12.1 Å². The molecule has 2 N–H and O–H groups in total. The minimum Gasteiger partial charge on any atom is -0.457 e. The van der Waals surface area contributed by atoms with Crippen LogP contribution in [-0.2, 0) is 9.59 Å². The summed E-state index contributed by atoms with van der Waals surface area (Å²) < 4.78 is 6.03. The van der Waals surface area contributed by atoms with Crippen molar-refractivity contribution >= 4 is 17.8 Å². The van der Waals surface area contributed by atoms with Crippen molar-refractivity contribution in [3.63, 3.8) is 0 Å². The van der Waals surface area contributed by atoms with Crippen LogP contribution in [0, 0.1) is 0 Å². The molecule has 8 nitrogen and oxygen atoms in total. The summed E-state index contributed by atoms with van der Waals surface area (Å²) in [5.74, 6) is 0.760. The molecule has 0 aromatic heterocycles. The van der Waals surface area contributed by atoms with Crippen LogP contribution in [0.3, 0.4) is 0 Å². The molecule has 8 heteroatoms. The highest BCUT2D eigenvalue weighted by Gasteiger charge is 2.47. The van der Waals surface area contributed by atoms with Crippen molar-refractivity contribution in [2.75, 3.05) is 13.1 Å². The third-order valence-corrected chi connectivity index (χ3v) is 7.33. The van der Waals surface area contributed by atoms with Crippen molar-refractivity contribution in [2.24, 2.45) is 0 Å². The molecule has 6 rings (SSSR count). The monoisotopic (exact) mass is 534 g/mol. The Hall–Kier alpha value is -4.85. The van der Waals surface area contributed by atoms with Crippen molar-refractivity contribution in [2.45, 2.75) is 31.0 Å². The number of hydrogen-bond donors (Lipinski definition) is 2. The Balaban J connectivity index is 1.37. The largest absolute Gasteiger partial charge is 0.457 e. The van der Waals surface area contributed by atoms with Crippen molar-refractivity contribution in [1.29, 1.82) is 0 Å². The third-order valence-electron chi connectivity index (χ3n) is 7.33. The van der Waals surface area contributed by atoms with Gasteiger partial charge in [0.05, 0.1) is 23.9 Å². The predicted molar refractivity (Wildman–Crippen MR) is 150 cm³/mol. The first kappa shape index (κ1) is 25.4. The zero-order chi connectivity index (χ0) is 27.6. The lowest BCUT2D eigenvalue weighted by Crippen LogP contribution is -2.47. The molecule has 3 aliphatic rings. The number of benzene rings is 3. The van der Waals surface area contributed by atoms with Crippen molar-refractivity contribution < 1.29 is 19.1 Å². The SMILES string of the molecule is C=CCN1C(=O)N[C@@H](c2cccc(Oc3ccccc3)c2)C2=C1CN([C@H](C(=O)NC1CC1)c1ccccc1)C2=O. The molecule has 0 spiro atoms. The zero-order valence-corrected chi connectivity index (χ0v) is 22.0. The first-order valence-corrected chi connectivity index (χ1v) is 13.4. The molecule has 40 heavy (non-hydrogen) atoms. The maximum absolute atomic E-state index is 14.2. The molecule has 0 bridgehead atoms. The van der Waals surface area contributed by atoms with Gasteiger partial charge in [0.25, 0.3) is 5.91 Å². The number of amides is 4. The van der Waals surface area contributed by atoms with Gasteiger partial charge in [-0.15, -0.1) is 6.58 Å². The van der Waals surface area contributed by atoms with Gasteiger partial charge in [0.1, 0.15) is 17.5 Å². The van der Waals surface area contributed by atoms with Gasteiger partial charge in [0.15, 0.2) is 0 Å². The lowest BCUT2D eigenvalue weighted by Gasteiger charge is -2.33. The number of carbonyl (C=O) groups is 3.